The van der Waals surface area contributed by atoms with Crippen LogP contribution in [-0.4, -0.2) is 30.7 Å². The fourth-order valence-corrected chi connectivity index (χ4v) is 2.86. The van der Waals surface area contributed by atoms with E-state index in [1.54, 1.807) is 42.1 Å². The lowest BCUT2D eigenvalue weighted by atomic mass is 10.3. The molecule has 0 unspecified atom stereocenters. The highest BCUT2D eigenvalue weighted by Gasteiger charge is 2.02. The van der Waals surface area contributed by atoms with Crippen molar-refractivity contribution in [3.05, 3.63) is 60.3 Å². The molecule has 2 N–H and O–H groups in total. The van der Waals surface area contributed by atoms with Crippen molar-refractivity contribution in [3.63, 3.8) is 0 Å². The first-order valence-electron chi connectivity index (χ1n) is 8.28. The molecule has 7 heteroatoms. The minimum absolute atomic E-state index is 0.105. The number of benzene rings is 1. The fourth-order valence-electron chi connectivity index (χ4n) is 2.01. The SMILES string of the molecule is O=C(/C=C/c1ccco1)NCCC(=O)NCCCSc1ccc(F)cc1. The molecule has 1 aromatic heterocycles. The number of carbonyl (C=O) groups is 2. The minimum Gasteiger partial charge on any atom is -0.465 e. The monoisotopic (exact) mass is 376 g/mol. The Labute approximate surface area is 156 Å². The summed E-state index contributed by atoms with van der Waals surface area (Å²) in [5, 5.41) is 5.45. The molecule has 2 rings (SSSR count). The summed E-state index contributed by atoms with van der Waals surface area (Å²) in [7, 11) is 0. The van der Waals surface area contributed by atoms with Gasteiger partial charge in [-0.25, -0.2) is 4.39 Å². The molecular weight excluding hydrogens is 355 g/mol. The van der Waals surface area contributed by atoms with Crippen LogP contribution < -0.4 is 10.6 Å². The number of hydrogen-bond donors (Lipinski definition) is 2. The number of amides is 2. The van der Waals surface area contributed by atoms with E-state index in [-0.39, 0.29) is 30.6 Å². The summed E-state index contributed by atoms with van der Waals surface area (Å²) in [6.07, 6.45) is 5.50. The molecule has 0 atom stereocenters. The Morgan fingerprint density at radius 3 is 2.65 bits per heavy atom. The Morgan fingerprint density at radius 2 is 1.92 bits per heavy atom. The van der Waals surface area contributed by atoms with Crippen LogP contribution in [0.5, 0.6) is 0 Å². The van der Waals surface area contributed by atoms with Crippen molar-refractivity contribution in [1.29, 1.82) is 0 Å². The van der Waals surface area contributed by atoms with Crippen molar-refractivity contribution in [2.45, 2.75) is 17.7 Å². The first-order valence-corrected chi connectivity index (χ1v) is 9.26. The van der Waals surface area contributed by atoms with E-state index in [4.69, 9.17) is 4.42 Å². The molecule has 1 heterocycles. The van der Waals surface area contributed by atoms with E-state index in [1.807, 2.05) is 0 Å². The number of rotatable bonds is 10. The highest BCUT2D eigenvalue weighted by molar-refractivity contribution is 7.99. The number of furan rings is 1. The van der Waals surface area contributed by atoms with Gasteiger partial charge in [0.15, 0.2) is 0 Å². The minimum atomic E-state index is -0.273. The smallest absolute Gasteiger partial charge is 0.244 e. The van der Waals surface area contributed by atoms with Gasteiger partial charge in [-0.3, -0.25) is 9.59 Å². The van der Waals surface area contributed by atoms with Crippen molar-refractivity contribution in [2.24, 2.45) is 0 Å². The summed E-state index contributed by atoms with van der Waals surface area (Å²) < 4.78 is 17.9. The van der Waals surface area contributed by atoms with Gasteiger partial charge in [-0.05, 0) is 54.6 Å². The predicted molar refractivity (Wildman–Crippen MR) is 100 cm³/mol. The number of thioether (sulfide) groups is 1. The molecule has 0 aliphatic rings. The Hall–Kier alpha value is -2.54. The molecule has 0 saturated carbocycles. The molecule has 138 valence electrons. The van der Waals surface area contributed by atoms with Crippen LogP contribution in [0.4, 0.5) is 4.39 Å². The Morgan fingerprint density at radius 1 is 1.12 bits per heavy atom. The highest BCUT2D eigenvalue weighted by atomic mass is 32.2. The quantitative estimate of drug-likeness (QED) is 0.379. The summed E-state index contributed by atoms with van der Waals surface area (Å²) in [6, 6.07) is 9.82. The lowest BCUT2D eigenvalue weighted by molar-refractivity contribution is -0.121. The Kier molecular flexibility index (Phi) is 8.48. The molecule has 0 aliphatic heterocycles. The number of nitrogens with one attached hydrogen (secondary N) is 2. The van der Waals surface area contributed by atoms with E-state index in [9.17, 15) is 14.0 Å². The van der Waals surface area contributed by atoms with Gasteiger partial charge in [0.2, 0.25) is 11.8 Å². The number of halogens is 1. The van der Waals surface area contributed by atoms with E-state index in [0.29, 0.717) is 12.3 Å². The number of carbonyl (C=O) groups excluding carboxylic acids is 2. The van der Waals surface area contributed by atoms with Gasteiger partial charge in [-0.15, -0.1) is 11.8 Å². The average molecular weight is 376 g/mol. The van der Waals surface area contributed by atoms with Crippen molar-refractivity contribution in [3.8, 4) is 0 Å². The van der Waals surface area contributed by atoms with Crippen molar-refractivity contribution in [1.82, 2.24) is 10.6 Å². The third-order valence-corrected chi connectivity index (χ3v) is 4.42. The van der Waals surface area contributed by atoms with E-state index < -0.39 is 0 Å². The van der Waals surface area contributed by atoms with Gasteiger partial charge in [-0.1, -0.05) is 0 Å². The van der Waals surface area contributed by atoms with Crippen molar-refractivity contribution >= 4 is 29.7 Å². The van der Waals surface area contributed by atoms with Gasteiger partial charge in [0.1, 0.15) is 11.6 Å². The molecule has 0 spiro atoms. The van der Waals surface area contributed by atoms with Crippen LogP contribution in [0.25, 0.3) is 6.08 Å². The van der Waals surface area contributed by atoms with E-state index in [2.05, 4.69) is 10.6 Å². The first kappa shape index (κ1) is 19.8. The molecule has 2 amide bonds. The molecule has 0 aliphatic carbocycles. The average Bonchev–Trinajstić information content (AvgIpc) is 3.15. The van der Waals surface area contributed by atoms with Gasteiger partial charge in [0.25, 0.3) is 0 Å². The zero-order valence-corrected chi connectivity index (χ0v) is 15.1. The molecule has 5 nitrogen and oxygen atoms in total. The fraction of sp³-hybridized carbons (Fsp3) is 0.263. The van der Waals surface area contributed by atoms with Crippen molar-refractivity contribution < 1.29 is 18.4 Å². The maximum Gasteiger partial charge on any atom is 0.244 e. The Bertz CT molecular complexity index is 715. The van der Waals surface area contributed by atoms with Gasteiger partial charge < -0.3 is 15.1 Å². The summed E-state index contributed by atoms with van der Waals surface area (Å²) in [6.45, 7) is 0.844. The van der Waals surface area contributed by atoms with E-state index >= 15 is 0 Å². The molecular formula is C19H21FN2O3S. The third kappa shape index (κ3) is 8.02. The van der Waals surface area contributed by atoms with Crippen LogP contribution >= 0.6 is 11.8 Å². The molecule has 2 aromatic rings. The van der Waals surface area contributed by atoms with Crippen LogP contribution in [0.1, 0.15) is 18.6 Å². The second kappa shape index (κ2) is 11.1. The summed E-state index contributed by atoms with van der Waals surface area (Å²) in [4.78, 5) is 24.3. The lowest BCUT2D eigenvalue weighted by Crippen LogP contribution is -2.30. The molecule has 0 fully saturated rings. The van der Waals surface area contributed by atoms with Crippen LogP contribution in [0, 0.1) is 5.82 Å². The Balaban J connectivity index is 1.49. The topological polar surface area (TPSA) is 71.3 Å². The predicted octanol–water partition coefficient (Wildman–Crippen LogP) is 3.24. The zero-order chi connectivity index (χ0) is 18.6. The van der Waals surface area contributed by atoms with Gasteiger partial charge >= 0.3 is 0 Å². The molecule has 0 bridgehead atoms. The lowest BCUT2D eigenvalue weighted by Gasteiger charge is -2.06. The molecule has 0 saturated heterocycles. The second-order valence-electron chi connectivity index (χ2n) is 5.40. The maximum absolute atomic E-state index is 12.8. The highest BCUT2D eigenvalue weighted by Crippen LogP contribution is 2.18. The van der Waals surface area contributed by atoms with Crippen LogP contribution in [0.15, 0.2) is 58.1 Å². The van der Waals surface area contributed by atoms with Crippen LogP contribution in [0.2, 0.25) is 0 Å². The van der Waals surface area contributed by atoms with Crippen LogP contribution in [-0.2, 0) is 9.59 Å². The van der Waals surface area contributed by atoms with Gasteiger partial charge in [-0.2, -0.15) is 0 Å². The molecule has 26 heavy (non-hydrogen) atoms. The van der Waals surface area contributed by atoms with E-state index in [1.165, 1.54) is 24.5 Å². The molecule has 1 aromatic carbocycles. The standard InChI is InChI=1S/C19H21FN2O3S/c20-15-4-7-17(8-5-15)26-14-2-11-21-19(24)10-12-22-18(23)9-6-16-3-1-13-25-16/h1,3-9,13H,2,10-12,14H2,(H,21,24)(H,22,23)/b9-6+. The maximum atomic E-state index is 12.8. The normalized spacial score (nSPS) is 10.8. The van der Waals surface area contributed by atoms with Gasteiger partial charge in [0.05, 0.1) is 6.26 Å². The number of hydrogen-bond acceptors (Lipinski definition) is 4. The summed E-state index contributed by atoms with van der Waals surface area (Å²) >= 11 is 1.62. The van der Waals surface area contributed by atoms with Crippen LogP contribution in [0.3, 0.4) is 0 Å². The van der Waals surface area contributed by atoms with Gasteiger partial charge in [0, 0.05) is 30.5 Å². The first-order chi connectivity index (χ1) is 12.6. The zero-order valence-electron chi connectivity index (χ0n) is 14.2. The summed E-state index contributed by atoms with van der Waals surface area (Å²) in [5.41, 5.74) is 0. The largest absolute Gasteiger partial charge is 0.465 e. The summed E-state index contributed by atoms with van der Waals surface area (Å²) in [5.74, 6) is 0.804. The molecule has 0 radical (unpaired) electrons. The van der Waals surface area contributed by atoms with E-state index in [0.717, 1.165) is 17.1 Å². The second-order valence-corrected chi connectivity index (χ2v) is 6.56. The third-order valence-electron chi connectivity index (χ3n) is 3.32. The van der Waals surface area contributed by atoms with Crippen molar-refractivity contribution in [2.75, 3.05) is 18.8 Å².